The van der Waals surface area contributed by atoms with Gasteiger partial charge in [-0.25, -0.2) is 8.42 Å². The number of nitrogen functional groups attached to an aromatic ring is 1. The number of hydrogen-bond donors (Lipinski definition) is 2. The Kier molecular flexibility index (Phi) is 4.50. The van der Waals surface area contributed by atoms with E-state index in [1.807, 2.05) is 20.8 Å². The minimum Gasteiger partial charge on any atom is -0.397 e. The maximum absolute atomic E-state index is 11.9. The third-order valence-corrected chi connectivity index (χ3v) is 3.91. The van der Waals surface area contributed by atoms with Crippen LogP contribution in [0.4, 0.5) is 11.4 Å². The van der Waals surface area contributed by atoms with E-state index < -0.39 is 10.0 Å². The molecule has 0 amide bonds. The molecule has 0 spiro atoms. The van der Waals surface area contributed by atoms with Gasteiger partial charge in [0.05, 0.1) is 17.1 Å². The van der Waals surface area contributed by atoms with E-state index in [1.54, 1.807) is 12.1 Å². The first-order valence-electron chi connectivity index (χ1n) is 5.65. The lowest BCUT2D eigenvalue weighted by Gasteiger charge is -2.18. The van der Waals surface area contributed by atoms with Gasteiger partial charge in [-0.3, -0.25) is 4.72 Å². The van der Waals surface area contributed by atoms with Crippen molar-refractivity contribution in [1.82, 2.24) is 0 Å². The molecule has 0 aliphatic rings. The average molecular weight is 291 g/mol. The zero-order chi connectivity index (χ0) is 14.0. The summed E-state index contributed by atoms with van der Waals surface area (Å²) >= 11 is 5.75. The molecule has 18 heavy (non-hydrogen) atoms. The molecule has 0 fully saturated rings. The zero-order valence-electron chi connectivity index (χ0n) is 10.8. The van der Waals surface area contributed by atoms with Gasteiger partial charge in [0.1, 0.15) is 0 Å². The van der Waals surface area contributed by atoms with E-state index in [4.69, 9.17) is 17.3 Å². The fourth-order valence-electron chi connectivity index (χ4n) is 1.29. The van der Waals surface area contributed by atoms with E-state index >= 15 is 0 Å². The Morgan fingerprint density at radius 3 is 2.44 bits per heavy atom. The lowest BCUT2D eigenvalue weighted by Crippen LogP contribution is -2.21. The molecule has 0 unspecified atom stereocenters. The predicted molar refractivity (Wildman–Crippen MR) is 77.3 cm³/mol. The van der Waals surface area contributed by atoms with Crippen LogP contribution in [0.2, 0.25) is 5.02 Å². The van der Waals surface area contributed by atoms with E-state index in [-0.39, 0.29) is 11.2 Å². The maximum atomic E-state index is 11.9. The molecular formula is C12H19ClN2O2S. The Labute approximate surface area is 114 Å². The molecule has 0 aliphatic heterocycles. The van der Waals surface area contributed by atoms with Gasteiger partial charge in [0.2, 0.25) is 10.0 Å². The van der Waals surface area contributed by atoms with Gasteiger partial charge >= 0.3 is 0 Å². The van der Waals surface area contributed by atoms with Crippen molar-refractivity contribution in [3.63, 3.8) is 0 Å². The highest BCUT2D eigenvalue weighted by molar-refractivity contribution is 7.92. The number of rotatable bonds is 4. The van der Waals surface area contributed by atoms with Gasteiger partial charge < -0.3 is 5.73 Å². The normalized spacial score (nSPS) is 12.4. The largest absolute Gasteiger partial charge is 0.397 e. The number of benzene rings is 1. The molecule has 102 valence electrons. The fraction of sp³-hybridized carbons (Fsp3) is 0.500. The van der Waals surface area contributed by atoms with Crippen molar-refractivity contribution in [1.29, 1.82) is 0 Å². The Bertz CT molecular complexity index is 521. The second kappa shape index (κ2) is 5.36. The predicted octanol–water partition coefficient (Wildman–Crippen LogP) is 3.10. The highest BCUT2D eigenvalue weighted by Gasteiger charge is 2.18. The van der Waals surface area contributed by atoms with E-state index in [2.05, 4.69) is 4.72 Å². The van der Waals surface area contributed by atoms with Crippen LogP contribution >= 0.6 is 11.6 Å². The Morgan fingerprint density at radius 1 is 1.33 bits per heavy atom. The van der Waals surface area contributed by atoms with Gasteiger partial charge in [-0.1, -0.05) is 32.4 Å². The van der Waals surface area contributed by atoms with Gasteiger partial charge in [-0.05, 0) is 30.0 Å². The van der Waals surface area contributed by atoms with E-state index in [0.717, 1.165) is 0 Å². The minimum atomic E-state index is -3.38. The Hall–Kier alpha value is -0.940. The number of halogens is 1. The molecule has 1 aromatic rings. The van der Waals surface area contributed by atoms with Gasteiger partial charge in [-0.15, -0.1) is 0 Å². The van der Waals surface area contributed by atoms with Crippen LogP contribution in [-0.4, -0.2) is 14.2 Å². The molecule has 6 heteroatoms. The SMILES string of the molecule is CC(C)(C)CCS(=O)(=O)Nc1ccc(Cl)cc1N. The van der Waals surface area contributed by atoms with Gasteiger partial charge in [0.15, 0.2) is 0 Å². The molecule has 0 aliphatic carbocycles. The first kappa shape index (κ1) is 15.1. The molecule has 0 aromatic heterocycles. The van der Waals surface area contributed by atoms with Gasteiger partial charge in [0.25, 0.3) is 0 Å². The molecule has 0 saturated carbocycles. The zero-order valence-corrected chi connectivity index (χ0v) is 12.4. The molecule has 3 N–H and O–H groups in total. The van der Waals surface area contributed by atoms with Crippen LogP contribution in [0.25, 0.3) is 0 Å². The minimum absolute atomic E-state index is 0.0275. The quantitative estimate of drug-likeness (QED) is 0.837. The van der Waals surface area contributed by atoms with Crippen LogP contribution in [0.15, 0.2) is 18.2 Å². The average Bonchev–Trinajstić information content (AvgIpc) is 2.19. The third-order valence-electron chi connectivity index (χ3n) is 2.40. The van der Waals surface area contributed by atoms with Gasteiger partial charge in [-0.2, -0.15) is 0 Å². The van der Waals surface area contributed by atoms with Crippen LogP contribution in [0, 0.1) is 5.41 Å². The highest BCUT2D eigenvalue weighted by atomic mass is 35.5. The molecule has 0 radical (unpaired) electrons. The van der Waals surface area contributed by atoms with E-state index in [0.29, 0.717) is 22.8 Å². The van der Waals surface area contributed by atoms with E-state index in [9.17, 15) is 8.42 Å². The molecule has 0 saturated heterocycles. The Morgan fingerprint density at radius 2 is 1.94 bits per heavy atom. The number of nitrogens with one attached hydrogen (secondary N) is 1. The maximum Gasteiger partial charge on any atom is 0.232 e. The summed E-state index contributed by atoms with van der Waals surface area (Å²) in [6, 6.07) is 4.68. The summed E-state index contributed by atoms with van der Waals surface area (Å²) in [6.07, 6.45) is 0.579. The molecular weight excluding hydrogens is 272 g/mol. The third kappa shape index (κ3) is 5.14. The van der Waals surface area contributed by atoms with Gasteiger partial charge in [0, 0.05) is 5.02 Å². The van der Waals surface area contributed by atoms with Crippen LogP contribution in [0.5, 0.6) is 0 Å². The first-order valence-corrected chi connectivity index (χ1v) is 7.68. The lowest BCUT2D eigenvalue weighted by molar-refractivity contribution is 0.397. The highest BCUT2D eigenvalue weighted by Crippen LogP contribution is 2.25. The first-order chi connectivity index (χ1) is 8.09. The van der Waals surface area contributed by atoms with Crippen molar-refractivity contribution in [3.8, 4) is 0 Å². The van der Waals surface area contributed by atoms with E-state index in [1.165, 1.54) is 6.07 Å². The summed E-state index contributed by atoms with van der Waals surface area (Å²) in [5, 5.41) is 0.477. The molecule has 1 rings (SSSR count). The summed E-state index contributed by atoms with van der Waals surface area (Å²) in [5.74, 6) is 0.0680. The number of anilines is 2. The summed E-state index contributed by atoms with van der Waals surface area (Å²) < 4.78 is 26.2. The molecule has 0 heterocycles. The summed E-state index contributed by atoms with van der Waals surface area (Å²) in [4.78, 5) is 0. The van der Waals surface area contributed by atoms with Crippen molar-refractivity contribution in [2.24, 2.45) is 5.41 Å². The summed E-state index contributed by atoms with van der Waals surface area (Å²) in [7, 11) is -3.38. The fourth-order valence-corrected chi connectivity index (χ4v) is 2.97. The van der Waals surface area contributed by atoms with Crippen molar-refractivity contribution in [2.75, 3.05) is 16.2 Å². The number of hydrogen-bond acceptors (Lipinski definition) is 3. The number of sulfonamides is 1. The van der Waals surface area contributed by atoms with Crippen molar-refractivity contribution in [3.05, 3.63) is 23.2 Å². The van der Waals surface area contributed by atoms with Crippen LogP contribution < -0.4 is 10.5 Å². The second-order valence-corrected chi connectivity index (χ2v) is 7.74. The van der Waals surface area contributed by atoms with Crippen molar-refractivity contribution >= 4 is 33.0 Å². The summed E-state index contributed by atoms with van der Waals surface area (Å²) in [6.45, 7) is 6.00. The topological polar surface area (TPSA) is 72.2 Å². The van der Waals surface area contributed by atoms with Crippen LogP contribution in [-0.2, 0) is 10.0 Å². The molecule has 4 nitrogen and oxygen atoms in total. The molecule has 0 atom stereocenters. The smallest absolute Gasteiger partial charge is 0.232 e. The number of nitrogens with two attached hydrogens (primary N) is 1. The van der Waals surface area contributed by atoms with Crippen molar-refractivity contribution in [2.45, 2.75) is 27.2 Å². The monoisotopic (exact) mass is 290 g/mol. The summed E-state index contributed by atoms with van der Waals surface area (Å²) in [5.41, 5.74) is 6.36. The van der Waals surface area contributed by atoms with Crippen LogP contribution in [0.3, 0.4) is 0 Å². The Balaban J connectivity index is 2.77. The molecule has 0 bridgehead atoms. The second-order valence-electron chi connectivity index (χ2n) is 5.46. The molecule has 1 aromatic carbocycles. The van der Waals surface area contributed by atoms with Crippen molar-refractivity contribution < 1.29 is 8.42 Å². The standard InChI is InChI=1S/C12H19ClN2O2S/c1-12(2,3)6-7-18(16,17)15-11-5-4-9(13)8-10(11)14/h4-5,8,15H,6-7,14H2,1-3H3. The van der Waals surface area contributed by atoms with Crippen LogP contribution in [0.1, 0.15) is 27.2 Å². The lowest BCUT2D eigenvalue weighted by atomic mass is 9.94.